The highest BCUT2D eigenvalue weighted by Crippen LogP contribution is 2.10. The van der Waals surface area contributed by atoms with E-state index in [0.717, 1.165) is 5.56 Å². The maximum absolute atomic E-state index is 12.4. The second-order valence-corrected chi connectivity index (χ2v) is 6.03. The van der Waals surface area contributed by atoms with Crippen molar-refractivity contribution in [2.24, 2.45) is 0 Å². The zero-order valence-corrected chi connectivity index (χ0v) is 14.5. The maximum Gasteiger partial charge on any atom is 0.251 e. The molecule has 0 fully saturated rings. The normalized spacial score (nSPS) is 11.6. The fourth-order valence-electron chi connectivity index (χ4n) is 2.32. The van der Waals surface area contributed by atoms with Crippen molar-refractivity contribution in [2.75, 3.05) is 13.2 Å². The SMILES string of the molecule is O=C(N[C@@H](Cc1ccccc1)C(=O)NCCCO)c1ccc(Cl)cc1. The summed E-state index contributed by atoms with van der Waals surface area (Å²) in [5, 5.41) is 14.9. The Balaban J connectivity index is 2.08. The second kappa shape index (κ2) is 9.81. The van der Waals surface area contributed by atoms with E-state index in [1.165, 1.54) is 0 Å². The molecule has 3 N–H and O–H groups in total. The summed E-state index contributed by atoms with van der Waals surface area (Å²) in [6, 6.07) is 15.3. The van der Waals surface area contributed by atoms with Crippen LogP contribution in [0.3, 0.4) is 0 Å². The van der Waals surface area contributed by atoms with Gasteiger partial charge in [0.05, 0.1) is 0 Å². The third-order valence-corrected chi connectivity index (χ3v) is 3.90. The van der Waals surface area contributed by atoms with Crippen LogP contribution in [0.2, 0.25) is 5.02 Å². The minimum absolute atomic E-state index is 0.000760. The summed E-state index contributed by atoms with van der Waals surface area (Å²) in [5.41, 5.74) is 1.38. The Hall–Kier alpha value is -2.37. The molecular formula is C19H21ClN2O3. The maximum atomic E-state index is 12.4. The van der Waals surface area contributed by atoms with Gasteiger partial charge >= 0.3 is 0 Å². The van der Waals surface area contributed by atoms with Gasteiger partial charge < -0.3 is 15.7 Å². The van der Waals surface area contributed by atoms with Gasteiger partial charge in [-0.05, 0) is 36.2 Å². The number of carbonyl (C=O) groups is 2. The second-order valence-electron chi connectivity index (χ2n) is 5.59. The standard InChI is InChI=1S/C19H21ClN2O3/c20-16-9-7-15(8-10-16)18(24)22-17(19(25)21-11-4-12-23)13-14-5-2-1-3-6-14/h1-3,5-10,17,23H,4,11-13H2,(H,21,25)(H,22,24)/t17-/m0/s1. The highest BCUT2D eigenvalue weighted by molar-refractivity contribution is 6.30. The van der Waals surface area contributed by atoms with Gasteiger partial charge in [-0.1, -0.05) is 41.9 Å². The first kappa shape index (κ1) is 19.0. The Labute approximate surface area is 152 Å². The fraction of sp³-hybridized carbons (Fsp3) is 0.263. The summed E-state index contributed by atoms with van der Waals surface area (Å²) in [4.78, 5) is 24.8. The Morgan fingerprint density at radius 3 is 2.36 bits per heavy atom. The fourth-order valence-corrected chi connectivity index (χ4v) is 2.44. The predicted octanol–water partition coefficient (Wildman–Crippen LogP) is 2.18. The molecule has 0 radical (unpaired) electrons. The highest BCUT2D eigenvalue weighted by Gasteiger charge is 2.21. The number of amides is 2. The molecule has 2 aromatic rings. The van der Waals surface area contributed by atoms with E-state index in [4.69, 9.17) is 16.7 Å². The Morgan fingerprint density at radius 1 is 1.04 bits per heavy atom. The molecule has 0 aliphatic heterocycles. The van der Waals surface area contributed by atoms with Crippen molar-refractivity contribution in [2.45, 2.75) is 18.9 Å². The van der Waals surface area contributed by atoms with Gasteiger partial charge in [0.15, 0.2) is 0 Å². The Morgan fingerprint density at radius 2 is 1.72 bits per heavy atom. The van der Waals surface area contributed by atoms with E-state index in [0.29, 0.717) is 30.0 Å². The van der Waals surface area contributed by atoms with Crippen LogP contribution in [0, 0.1) is 0 Å². The van der Waals surface area contributed by atoms with Gasteiger partial charge in [0.25, 0.3) is 5.91 Å². The summed E-state index contributed by atoms with van der Waals surface area (Å²) in [6.07, 6.45) is 0.847. The van der Waals surface area contributed by atoms with Gasteiger partial charge in [-0.2, -0.15) is 0 Å². The Kier molecular flexibility index (Phi) is 7.44. The first-order chi connectivity index (χ1) is 12.1. The van der Waals surface area contributed by atoms with Crippen LogP contribution >= 0.6 is 11.6 Å². The molecule has 2 aromatic carbocycles. The molecule has 0 spiro atoms. The molecule has 0 aliphatic carbocycles. The van der Waals surface area contributed by atoms with Crippen molar-refractivity contribution in [3.63, 3.8) is 0 Å². The third-order valence-electron chi connectivity index (χ3n) is 3.64. The van der Waals surface area contributed by atoms with Gasteiger partial charge in [0.1, 0.15) is 6.04 Å². The first-order valence-corrected chi connectivity index (χ1v) is 8.47. The molecule has 2 amide bonds. The Bertz CT molecular complexity index is 690. The smallest absolute Gasteiger partial charge is 0.251 e. The van der Waals surface area contributed by atoms with E-state index >= 15 is 0 Å². The topological polar surface area (TPSA) is 78.4 Å². The van der Waals surface area contributed by atoms with Crippen molar-refractivity contribution in [3.8, 4) is 0 Å². The number of benzene rings is 2. The lowest BCUT2D eigenvalue weighted by atomic mass is 10.0. The molecule has 0 bridgehead atoms. The number of nitrogens with one attached hydrogen (secondary N) is 2. The monoisotopic (exact) mass is 360 g/mol. The van der Waals surface area contributed by atoms with E-state index in [1.54, 1.807) is 24.3 Å². The number of carbonyl (C=O) groups excluding carboxylic acids is 2. The molecule has 1 atom stereocenters. The van der Waals surface area contributed by atoms with Gasteiger partial charge in [-0.3, -0.25) is 9.59 Å². The van der Waals surface area contributed by atoms with Crippen LogP contribution in [0.25, 0.3) is 0 Å². The lowest BCUT2D eigenvalue weighted by molar-refractivity contribution is -0.122. The molecule has 5 nitrogen and oxygen atoms in total. The van der Waals surface area contributed by atoms with E-state index < -0.39 is 6.04 Å². The zero-order valence-electron chi connectivity index (χ0n) is 13.7. The molecule has 0 heterocycles. The minimum atomic E-state index is -0.704. The number of halogens is 1. The van der Waals surface area contributed by atoms with Crippen molar-refractivity contribution in [1.82, 2.24) is 10.6 Å². The summed E-state index contributed by atoms with van der Waals surface area (Å²) in [5.74, 6) is -0.616. The zero-order chi connectivity index (χ0) is 18.1. The van der Waals surface area contributed by atoms with Crippen LogP contribution in [0.4, 0.5) is 0 Å². The number of hydrogen-bond donors (Lipinski definition) is 3. The molecule has 0 saturated heterocycles. The van der Waals surface area contributed by atoms with Crippen molar-refractivity contribution >= 4 is 23.4 Å². The largest absolute Gasteiger partial charge is 0.396 e. The number of rotatable bonds is 8. The van der Waals surface area contributed by atoms with Crippen molar-refractivity contribution < 1.29 is 14.7 Å². The average molecular weight is 361 g/mol. The predicted molar refractivity (Wildman–Crippen MR) is 97.6 cm³/mol. The van der Waals surface area contributed by atoms with E-state index in [1.807, 2.05) is 30.3 Å². The molecule has 6 heteroatoms. The average Bonchev–Trinajstić information content (AvgIpc) is 2.62. The lowest BCUT2D eigenvalue weighted by Crippen LogP contribution is -2.48. The molecule has 132 valence electrons. The number of aliphatic hydroxyl groups excluding tert-OH is 1. The van der Waals surface area contributed by atoms with E-state index in [-0.39, 0.29) is 18.4 Å². The molecular weight excluding hydrogens is 340 g/mol. The summed E-state index contributed by atoms with van der Waals surface area (Å²) in [6.45, 7) is 0.359. The van der Waals surface area contributed by atoms with Gasteiger partial charge in [-0.15, -0.1) is 0 Å². The number of hydrogen-bond acceptors (Lipinski definition) is 3. The molecule has 0 unspecified atom stereocenters. The molecule has 0 aliphatic rings. The lowest BCUT2D eigenvalue weighted by Gasteiger charge is -2.19. The van der Waals surface area contributed by atoms with Gasteiger partial charge in [-0.25, -0.2) is 0 Å². The van der Waals surface area contributed by atoms with Crippen LogP contribution in [-0.2, 0) is 11.2 Å². The van der Waals surface area contributed by atoms with Gasteiger partial charge in [0.2, 0.25) is 5.91 Å². The quantitative estimate of drug-likeness (QED) is 0.631. The third kappa shape index (κ3) is 6.21. The molecule has 25 heavy (non-hydrogen) atoms. The van der Waals surface area contributed by atoms with Crippen molar-refractivity contribution in [1.29, 1.82) is 0 Å². The van der Waals surface area contributed by atoms with Crippen LogP contribution in [-0.4, -0.2) is 36.1 Å². The van der Waals surface area contributed by atoms with E-state index in [9.17, 15) is 9.59 Å². The van der Waals surface area contributed by atoms with E-state index in [2.05, 4.69) is 10.6 Å². The molecule has 0 saturated carbocycles. The summed E-state index contributed by atoms with van der Waals surface area (Å²) >= 11 is 5.83. The van der Waals surface area contributed by atoms with Crippen LogP contribution in [0.1, 0.15) is 22.3 Å². The van der Waals surface area contributed by atoms with Crippen molar-refractivity contribution in [3.05, 3.63) is 70.7 Å². The van der Waals surface area contributed by atoms with Crippen LogP contribution < -0.4 is 10.6 Å². The first-order valence-electron chi connectivity index (χ1n) is 8.09. The van der Waals surface area contributed by atoms with Gasteiger partial charge in [0, 0.05) is 30.2 Å². The summed E-state index contributed by atoms with van der Waals surface area (Å²) < 4.78 is 0. The van der Waals surface area contributed by atoms with Crippen LogP contribution in [0.5, 0.6) is 0 Å². The number of aliphatic hydroxyl groups is 1. The van der Waals surface area contributed by atoms with Crippen LogP contribution in [0.15, 0.2) is 54.6 Å². The minimum Gasteiger partial charge on any atom is -0.396 e. The highest BCUT2D eigenvalue weighted by atomic mass is 35.5. The molecule has 0 aromatic heterocycles. The summed E-state index contributed by atoms with van der Waals surface area (Å²) in [7, 11) is 0. The molecule has 2 rings (SSSR count).